The summed E-state index contributed by atoms with van der Waals surface area (Å²) in [6, 6.07) is 21.3. The van der Waals surface area contributed by atoms with E-state index in [1.807, 2.05) is 0 Å². The van der Waals surface area contributed by atoms with Crippen LogP contribution in [0.2, 0.25) is 0 Å². The van der Waals surface area contributed by atoms with Gasteiger partial charge < -0.3 is 24.8 Å². The molecule has 151 valence electrons. The van der Waals surface area contributed by atoms with E-state index in [-0.39, 0.29) is 56.4 Å². The van der Waals surface area contributed by atoms with Crippen molar-refractivity contribution >= 4 is 10.8 Å². The minimum atomic E-state index is 0. The predicted molar refractivity (Wildman–Crippen MR) is 115 cm³/mol. The number of halogens is 2. The van der Waals surface area contributed by atoms with Crippen molar-refractivity contribution in [1.29, 1.82) is 0 Å². The van der Waals surface area contributed by atoms with Gasteiger partial charge in [0.05, 0.1) is 0 Å². The number of benzene rings is 3. The second-order valence-corrected chi connectivity index (χ2v) is 9.02. The SMILES string of the molecule is CC1=CC(C(C)(C)C)=CC1c1cc2c(c3[c-]cccc13)Cc1ccccc1-2.[Cl-].[Cl-].[Zr+3]. The van der Waals surface area contributed by atoms with Crippen LogP contribution in [-0.2, 0) is 32.6 Å². The summed E-state index contributed by atoms with van der Waals surface area (Å²) in [5, 5.41) is 2.65. The molecule has 3 aromatic carbocycles. The quantitative estimate of drug-likeness (QED) is 0.338. The molecular weight excluding hydrogens is 486 g/mol. The van der Waals surface area contributed by atoms with Crippen LogP contribution in [-0.4, -0.2) is 0 Å². The second kappa shape index (κ2) is 9.16. The van der Waals surface area contributed by atoms with E-state index >= 15 is 0 Å². The second-order valence-electron chi connectivity index (χ2n) is 9.02. The van der Waals surface area contributed by atoms with Gasteiger partial charge in [0, 0.05) is 5.92 Å². The van der Waals surface area contributed by atoms with Crippen molar-refractivity contribution in [2.75, 3.05) is 0 Å². The Labute approximate surface area is 211 Å². The van der Waals surface area contributed by atoms with E-state index in [0.29, 0.717) is 5.92 Å². The van der Waals surface area contributed by atoms with Crippen LogP contribution in [0.3, 0.4) is 0 Å². The monoisotopic (exact) mass is 509 g/mol. The van der Waals surface area contributed by atoms with E-state index in [1.165, 1.54) is 49.7 Å². The van der Waals surface area contributed by atoms with Crippen LogP contribution >= 0.6 is 0 Å². The van der Waals surface area contributed by atoms with Crippen LogP contribution in [0.1, 0.15) is 50.3 Å². The maximum atomic E-state index is 3.57. The molecule has 0 bridgehead atoms. The van der Waals surface area contributed by atoms with Gasteiger partial charge in [-0.3, -0.25) is 0 Å². The Bertz CT molecular complexity index is 1150. The van der Waals surface area contributed by atoms with Crippen molar-refractivity contribution in [1.82, 2.24) is 0 Å². The Balaban J connectivity index is 0.00000107. The Morgan fingerprint density at radius 2 is 1.70 bits per heavy atom. The van der Waals surface area contributed by atoms with Gasteiger partial charge in [0.2, 0.25) is 0 Å². The molecule has 0 fully saturated rings. The van der Waals surface area contributed by atoms with Gasteiger partial charge in [-0.2, -0.15) is 0 Å². The molecule has 0 nitrogen and oxygen atoms in total. The first-order valence-electron chi connectivity index (χ1n) is 9.88. The number of hydrogen-bond donors (Lipinski definition) is 0. The van der Waals surface area contributed by atoms with Crippen molar-refractivity contribution in [2.45, 2.75) is 40.0 Å². The van der Waals surface area contributed by atoms with E-state index in [2.05, 4.69) is 94.4 Å². The minimum Gasteiger partial charge on any atom is -1.00 e. The van der Waals surface area contributed by atoms with Crippen molar-refractivity contribution in [3.8, 4) is 11.1 Å². The normalized spacial score (nSPS) is 16.5. The first-order valence-corrected chi connectivity index (χ1v) is 9.88. The number of fused-ring (bicyclic) bond motifs is 5. The van der Waals surface area contributed by atoms with Gasteiger partial charge in [0.15, 0.2) is 0 Å². The molecule has 1 atom stereocenters. The fourth-order valence-corrected chi connectivity index (χ4v) is 4.69. The van der Waals surface area contributed by atoms with Crippen LogP contribution in [0.4, 0.5) is 0 Å². The molecular formula is C27H25Cl2Zr. The zero-order valence-electron chi connectivity index (χ0n) is 17.8. The molecule has 0 aliphatic heterocycles. The molecule has 0 saturated carbocycles. The van der Waals surface area contributed by atoms with Crippen molar-refractivity contribution in [3.63, 3.8) is 0 Å². The molecule has 0 spiro atoms. The molecule has 0 saturated heterocycles. The average Bonchev–Trinajstić information content (AvgIpc) is 3.22. The van der Waals surface area contributed by atoms with Gasteiger partial charge in [0.1, 0.15) is 0 Å². The summed E-state index contributed by atoms with van der Waals surface area (Å²) in [7, 11) is 0. The molecule has 5 rings (SSSR count). The minimum absolute atomic E-state index is 0. The molecule has 0 amide bonds. The molecule has 2 aliphatic carbocycles. The van der Waals surface area contributed by atoms with E-state index in [4.69, 9.17) is 0 Å². The van der Waals surface area contributed by atoms with E-state index < -0.39 is 0 Å². The fraction of sp³-hybridized carbons (Fsp3) is 0.259. The third-order valence-corrected chi connectivity index (χ3v) is 6.19. The molecule has 3 aromatic rings. The first-order chi connectivity index (χ1) is 12.9. The zero-order valence-corrected chi connectivity index (χ0v) is 21.8. The third-order valence-electron chi connectivity index (χ3n) is 6.19. The van der Waals surface area contributed by atoms with Gasteiger partial charge in [-0.15, -0.1) is 40.6 Å². The van der Waals surface area contributed by atoms with Crippen LogP contribution in [0.25, 0.3) is 21.9 Å². The zero-order chi connectivity index (χ0) is 18.8. The van der Waals surface area contributed by atoms with Crippen LogP contribution < -0.4 is 24.8 Å². The fourth-order valence-electron chi connectivity index (χ4n) is 4.69. The summed E-state index contributed by atoms with van der Waals surface area (Å²) in [4.78, 5) is 0. The summed E-state index contributed by atoms with van der Waals surface area (Å²) in [6.45, 7) is 9.18. The first kappa shape index (κ1) is 25.1. The van der Waals surface area contributed by atoms with Gasteiger partial charge in [-0.25, -0.2) is 0 Å². The smallest absolute Gasteiger partial charge is 1.00 e. The molecule has 0 aromatic heterocycles. The van der Waals surface area contributed by atoms with E-state index in [9.17, 15) is 0 Å². The number of rotatable bonds is 1. The standard InChI is InChI=1S/C27H25.2ClH.Zr/c1-17-13-19(27(2,3)4)15-23(17)26-16-25-20-10-6-5-9-18(20)14-24(25)21-11-7-8-12-22(21)26;;;/h5-10,12-13,15-16,23H,14H2,1-4H3;2*1H;/q-1;;;+3/p-2. The Morgan fingerprint density at radius 1 is 0.967 bits per heavy atom. The molecule has 2 aliphatic rings. The molecule has 0 heterocycles. The summed E-state index contributed by atoms with van der Waals surface area (Å²) < 4.78 is 0. The van der Waals surface area contributed by atoms with Gasteiger partial charge >= 0.3 is 26.2 Å². The number of hydrogen-bond acceptors (Lipinski definition) is 0. The average molecular weight is 512 g/mol. The number of allylic oxidation sites excluding steroid dienone is 4. The summed E-state index contributed by atoms with van der Waals surface area (Å²) in [5.41, 5.74) is 10.2. The van der Waals surface area contributed by atoms with E-state index in [0.717, 1.165) is 6.42 Å². The van der Waals surface area contributed by atoms with Gasteiger partial charge in [-0.05, 0) is 35.5 Å². The Kier molecular flexibility index (Phi) is 7.67. The van der Waals surface area contributed by atoms with Gasteiger partial charge in [-0.1, -0.05) is 80.0 Å². The maximum absolute atomic E-state index is 3.57. The largest absolute Gasteiger partial charge is 3.00 e. The topological polar surface area (TPSA) is 0 Å². The molecule has 0 N–H and O–H groups in total. The third kappa shape index (κ3) is 4.02. The van der Waals surface area contributed by atoms with Crippen molar-refractivity contribution in [3.05, 3.63) is 94.6 Å². The van der Waals surface area contributed by atoms with Crippen molar-refractivity contribution < 1.29 is 51.0 Å². The Morgan fingerprint density at radius 3 is 2.40 bits per heavy atom. The van der Waals surface area contributed by atoms with Crippen LogP contribution in [0.5, 0.6) is 0 Å². The molecule has 3 heteroatoms. The van der Waals surface area contributed by atoms with Crippen molar-refractivity contribution in [2.24, 2.45) is 5.41 Å². The summed E-state index contributed by atoms with van der Waals surface area (Å²) in [5.74, 6) is 0.357. The predicted octanol–water partition coefficient (Wildman–Crippen LogP) is 1.23. The summed E-state index contributed by atoms with van der Waals surface area (Å²) in [6.07, 6.45) is 5.89. The molecule has 30 heavy (non-hydrogen) atoms. The summed E-state index contributed by atoms with van der Waals surface area (Å²) >= 11 is 0. The van der Waals surface area contributed by atoms with Gasteiger partial charge in [0.25, 0.3) is 0 Å². The molecule has 1 unspecified atom stereocenters. The Hall–Kier alpha value is -1.14. The maximum Gasteiger partial charge on any atom is 3.00 e. The van der Waals surface area contributed by atoms with Crippen LogP contribution in [0, 0.1) is 11.5 Å². The van der Waals surface area contributed by atoms with Crippen LogP contribution in [0.15, 0.2) is 71.8 Å². The van der Waals surface area contributed by atoms with E-state index in [1.54, 1.807) is 0 Å². The molecule has 1 radical (unpaired) electrons.